The molecule has 1 aliphatic rings. The Morgan fingerprint density at radius 1 is 1.24 bits per heavy atom. The molecule has 0 bridgehead atoms. The summed E-state index contributed by atoms with van der Waals surface area (Å²) in [7, 11) is 3.59. The van der Waals surface area contributed by atoms with Crippen LogP contribution in [-0.2, 0) is 4.74 Å². The van der Waals surface area contributed by atoms with Crippen molar-refractivity contribution in [3.8, 4) is 16.3 Å². The molecule has 0 aromatic carbocycles. The molecule has 0 radical (unpaired) electrons. The number of nitrogens with one attached hydrogen (secondary N) is 2. The lowest BCUT2D eigenvalue weighted by molar-refractivity contribution is 0.102. The third-order valence-corrected chi connectivity index (χ3v) is 7.48. The van der Waals surface area contributed by atoms with Gasteiger partial charge in [-0.1, -0.05) is 0 Å². The summed E-state index contributed by atoms with van der Waals surface area (Å²) in [5, 5.41) is 9.91. The van der Waals surface area contributed by atoms with Crippen molar-refractivity contribution in [1.82, 2.24) is 24.5 Å². The number of hydrogen-bond acceptors (Lipinski definition) is 9. The number of ether oxygens (including phenoxy) is 2. The highest BCUT2D eigenvalue weighted by molar-refractivity contribution is 7.21. The highest BCUT2D eigenvalue weighted by atomic mass is 32.1. The second kappa shape index (κ2) is 10.5. The van der Waals surface area contributed by atoms with Crippen molar-refractivity contribution in [2.45, 2.75) is 25.8 Å². The van der Waals surface area contributed by atoms with E-state index in [0.717, 1.165) is 29.8 Å². The van der Waals surface area contributed by atoms with Gasteiger partial charge in [-0.2, -0.15) is 5.10 Å². The fourth-order valence-electron chi connectivity index (χ4n) is 4.24. The van der Waals surface area contributed by atoms with Crippen LogP contribution in [0.15, 0.2) is 43.0 Å². The van der Waals surface area contributed by atoms with Gasteiger partial charge in [0.05, 0.1) is 52.6 Å². The SMILES string of the molecule is COc1ncccc1-c1cn2ncc(C(=O)Nc3cc(NC(=O)OCC4CCCN4C)cnc3C)c2s1. The van der Waals surface area contributed by atoms with Crippen LogP contribution in [-0.4, -0.2) is 69.8 Å². The molecule has 5 rings (SSSR count). The zero-order valence-corrected chi connectivity index (χ0v) is 21.5. The molecule has 0 saturated carbocycles. The van der Waals surface area contributed by atoms with Crippen LogP contribution in [0.3, 0.4) is 0 Å². The third kappa shape index (κ3) is 5.25. The first kappa shape index (κ1) is 24.7. The fourth-order valence-corrected chi connectivity index (χ4v) is 5.32. The normalized spacial score (nSPS) is 15.6. The summed E-state index contributed by atoms with van der Waals surface area (Å²) in [5.74, 6) is 0.160. The van der Waals surface area contributed by atoms with Gasteiger partial charge in [-0.15, -0.1) is 11.3 Å². The number of amides is 2. The van der Waals surface area contributed by atoms with Crippen molar-refractivity contribution in [2.24, 2.45) is 0 Å². The molecule has 2 N–H and O–H groups in total. The Hall–Kier alpha value is -4.03. The maximum atomic E-state index is 13.2. The average molecular weight is 522 g/mol. The predicted octanol–water partition coefficient (Wildman–Crippen LogP) is 4.06. The minimum Gasteiger partial charge on any atom is -0.481 e. The van der Waals surface area contributed by atoms with Gasteiger partial charge in [-0.3, -0.25) is 15.1 Å². The quantitative estimate of drug-likeness (QED) is 0.373. The zero-order valence-electron chi connectivity index (χ0n) is 20.7. The van der Waals surface area contributed by atoms with E-state index in [9.17, 15) is 9.59 Å². The molecule has 1 fully saturated rings. The zero-order chi connectivity index (χ0) is 25.9. The van der Waals surface area contributed by atoms with E-state index >= 15 is 0 Å². The van der Waals surface area contributed by atoms with Crippen LogP contribution in [0.25, 0.3) is 15.3 Å². The Morgan fingerprint density at radius 2 is 2.11 bits per heavy atom. The standard InChI is InChI=1S/C25H27N7O4S/c1-15-20(10-16(11-27-15)29-25(34)36-14-17-6-5-9-31(17)2)30-22(33)19-12-28-32-13-21(37-24(19)32)18-7-4-8-26-23(18)35-3/h4,7-8,10-13,17H,5-6,9,14H2,1-3H3,(H,29,34)(H,30,33). The van der Waals surface area contributed by atoms with E-state index in [4.69, 9.17) is 9.47 Å². The predicted molar refractivity (Wildman–Crippen MR) is 140 cm³/mol. The first-order valence-electron chi connectivity index (χ1n) is 11.8. The average Bonchev–Trinajstić information content (AvgIpc) is 3.60. The van der Waals surface area contributed by atoms with Gasteiger partial charge in [0.15, 0.2) is 0 Å². The number of carbonyl (C=O) groups excluding carboxylic acids is 2. The second-order valence-electron chi connectivity index (χ2n) is 8.77. The summed E-state index contributed by atoms with van der Waals surface area (Å²) in [6.07, 6.45) is 8.10. The topological polar surface area (TPSA) is 123 Å². The van der Waals surface area contributed by atoms with E-state index in [-0.39, 0.29) is 11.9 Å². The summed E-state index contributed by atoms with van der Waals surface area (Å²) >= 11 is 1.41. The van der Waals surface area contributed by atoms with E-state index in [1.807, 2.05) is 25.4 Å². The van der Waals surface area contributed by atoms with Crippen LogP contribution >= 0.6 is 11.3 Å². The number of hydrogen-bond donors (Lipinski definition) is 2. The number of rotatable bonds is 7. The molecule has 1 saturated heterocycles. The van der Waals surface area contributed by atoms with Gasteiger partial charge in [-0.05, 0) is 51.6 Å². The first-order valence-corrected chi connectivity index (χ1v) is 12.6. The molecule has 1 unspecified atom stereocenters. The number of likely N-dealkylation sites (N-methyl/N-ethyl adjacent to an activating group) is 1. The van der Waals surface area contributed by atoms with Crippen LogP contribution in [0, 0.1) is 6.92 Å². The summed E-state index contributed by atoms with van der Waals surface area (Å²) in [5.41, 5.74) is 2.74. The molecule has 0 aliphatic carbocycles. The maximum absolute atomic E-state index is 13.2. The van der Waals surface area contributed by atoms with Gasteiger partial charge >= 0.3 is 6.09 Å². The molecule has 5 heterocycles. The Bertz CT molecular complexity index is 1450. The van der Waals surface area contributed by atoms with Crippen LogP contribution < -0.4 is 15.4 Å². The second-order valence-corrected chi connectivity index (χ2v) is 9.81. The van der Waals surface area contributed by atoms with Gasteiger partial charge in [0, 0.05) is 18.4 Å². The van der Waals surface area contributed by atoms with Crippen molar-refractivity contribution in [1.29, 1.82) is 0 Å². The van der Waals surface area contributed by atoms with Crippen molar-refractivity contribution >= 4 is 39.5 Å². The summed E-state index contributed by atoms with van der Waals surface area (Å²) in [4.78, 5) is 37.8. The molecule has 11 nitrogen and oxygen atoms in total. The number of carbonyl (C=O) groups is 2. The lowest BCUT2D eigenvalue weighted by Crippen LogP contribution is -2.31. The number of methoxy groups -OCH3 is 1. The Balaban J connectivity index is 1.29. The Morgan fingerprint density at radius 3 is 2.89 bits per heavy atom. The third-order valence-electron chi connectivity index (χ3n) is 6.33. The van der Waals surface area contributed by atoms with E-state index < -0.39 is 6.09 Å². The monoisotopic (exact) mass is 521 g/mol. The number of aromatic nitrogens is 4. The lowest BCUT2D eigenvalue weighted by atomic mass is 10.2. The highest BCUT2D eigenvalue weighted by Gasteiger charge is 2.23. The van der Waals surface area contributed by atoms with Gasteiger partial charge in [-0.25, -0.2) is 14.3 Å². The Labute approximate surface area is 217 Å². The molecule has 1 aliphatic heterocycles. The van der Waals surface area contributed by atoms with Gasteiger partial charge in [0.2, 0.25) is 5.88 Å². The number of thiazole rings is 1. The molecule has 1 atom stereocenters. The van der Waals surface area contributed by atoms with Crippen molar-refractivity contribution in [2.75, 3.05) is 37.9 Å². The smallest absolute Gasteiger partial charge is 0.411 e. The van der Waals surface area contributed by atoms with Crippen LogP contribution in [0.2, 0.25) is 0 Å². The maximum Gasteiger partial charge on any atom is 0.411 e. The largest absolute Gasteiger partial charge is 0.481 e. The van der Waals surface area contributed by atoms with Gasteiger partial charge < -0.3 is 19.7 Å². The lowest BCUT2D eigenvalue weighted by Gasteiger charge is -2.19. The molecule has 4 aromatic rings. The number of fused-ring (bicyclic) bond motifs is 1. The van der Waals surface area contributed by atoms with Gasteiger partial charge in [0.1, 0.15) is 11.4 Å². The van der Waals surface area contributed by atoms with E-state index in [0.29, 0.717) is 39.9 Å². The molecule has 2 amide bonds. The molecule has 4 aromatic heterocycles. The number of pyridine rings is 2. The Kier molecular flexibility index (Phi) is 7.01. The summed E-state index contributed by atoms with van der Waals surface area (Å²) in [6.45, 7) is 3.12. The van der Waals surface area contributed by atoms with Crippen LogP contribution in [0.1, 0.15) is 28.9 Å². The fraction of sp³-hybridized carbons (Fsp3) is 0.320. The molecule has 192 valence electrons. The first-order chi connectivity index (χ1) is 17.9. The van der Waals surface area contributed by atoms with E-state index in [1.165, 1.54) is 23.7 Å². The number of likely N-dealkylation sites (tertiary alicyclic amines) is 1. The number of nitrogens with zero attached hydrogens (tertiary/aromatic N) is 5. The van der Waals surface area contributed by atoms with E-state index in [1.54, 1.807) is 30.8 Å². The molecule has 37 heavy (non-hydrogen) atoms. The highest BCUT2D eigenvalue weighted by Crippen LogP contribution is 2.35. The van der Waals surface area contributed by atoms with Crippen molar-refractivity contribution < 1.29 is 19.1 Å². The summed E-state index contributed by atoms with van der Waals surface area (Å²) < 4.78 is 12.4. The molecular weight excluding hydrogens is 494 g/mol. The molecular formula is C25H27N7O4S. The number of anilines is 2. The number of aryl methyl sites for hydroxylation is 1. The van der Waals surface area contributed by atoms with Crippen LogP contribution in [0.5, 0.6) is 5.88 Å². The minimum atomic E-state index is -0.557. The van der Waals surface area contributed by atoms with Crippen molar-refractivity contribution in [3.05, 3.63) is 54.2 Å². The molecule has 0 spiro atoms. The van der Waals surface area contributed by atoms with Crippen LogP contribution in [0.4, 0.5) is 16.2 Å². The minimum absolute atomic E-state index is 0.238. The van der Waals surface area contributed by atoms with E-state index in [2.05, 4.69) is 30.6 Å². The summed E-state index contributed by atoms with van der Waals surface area (Å²) in [6, 6.07) is 5.63. The molecule has 12 heteroatoms. The van der Waals surface area contributed by atoms with Crippen molar-refractivity contribution in [3.63, 3.8) is 0 Å². The van der Waals surface area contributed by atoms with Gasteiger partial charge in [0.25, 0.3) is 5.91 Å².